The van der Waals surface area contributed by atoms with Crippen LogP contribution < -0.4 is 0 Å². The number of allylic oxidation sites excluding steroid dienone is 1. The Bertz CT molecular complexity index is 338. The van der Waals surface area contributed by atoms with E-state index in [1.165, 1.54) is 12.8 Å². The Balaban J connectivity index is 4.03. The average molecular weight is 328 g/mol. The Morgan fingerprint density at radius 1 is 1.04 bits per heavy atom. The van der Waals surface area contributed by atoms with Gasteiger partial charge in [0.1, 0.15) is 6.10 Å². The molecule has 0 heterocycles. The third-order valence-corrected chi connectivity index (χ3v) is 3.48. The van der Waals surface area contributed by atoms with Crippen LogP contribution in [0.25, 0.3) is 0 Å². The molecule has 134 valence electrons. The van der Waals surface area contributed by atoms with Crippen molar-refractivity contribution in [3.05, 3.63) is 12.2 Å². The minimum Gasteiger partial charge on any atom is -0.481 e. The van der Waals surface area contributed by atoms with E-state index in [0.29, 0.717) is 19.3 Å². The molecule has 0 spiro atoms. The van der Waals surface area contributed by atoms with Gasteiger partial charge in [-0.05, 0) is 32.1 Å². The summed E-state index contributed by atoms with van der Waals surface area (Å²) in [5, 5.41) is 8.78. The fourth-order valence-electron chi connectivity index (χ4n) is 2.19. The normalized spacial score (nSPS) is 12.3. The number of rotatable bonds is 14. The van der Waals surface area contributed by atoms with Gasteiger partial charge in [-0.1, -0.05) is 51.7 Å². The maximum absolute atomic E-state index is 11.7. The van der Waals surface area contributed by atoms with Gasteiger partial charge in [-0.15, -0.1) is 0 Å². The van der Waals surface area contributed by atoms with Crippen molar-refractivity contribution in [3.63, 3.8) is 0 Å². The molecule has 0 aromatic rings. The number of hydrogen-bond acceptors (Lipinski definition) is 4. The first kappa shape index (κ1) is 21.5. The number of carbonyl (C=O) groups is 2. The zero-order valence-electron chi connectivity index (χ0n) is 14.6. The lowest BCUT2D eigenvalue weighted by molar-refractivity contribution is -0.137. The Hall–Kier alpha value is -1.52. The van der Waals surface area contributed by atoms with E-state index < -0.39 is 12.1 Å². The predicted octanol–water partition coefficient (Wildman–Crippen LogP) is 5.09. The van der Waals surface area contributed by atoms with Crippen LogP contribution in [0.1, 0.15) is 78.1 Å². The van der Waals surface area contributed by atoms with Crippen LogP contribution in [0.2, 0.25) is 0 Å². The lowest BCUT2D eigenvalue weighted by Crippen LogP contribution is -2.20. The van der Waals surface area contributed by atoms with Gasteiger partial charge in [0.25, 0.3) is 0 Å². The Labute approximate surface area is 140 Å². The number of unbranched alkanes of at least 4 members (excludes halogenated alkanes) is 4. The van der Waals surface area contributed by atoms with E-state index >= 15 is 0 Å². The van der Waals surface area contributed by atoms with Crippen molar-refractivity contribution >= 4 is 12.1 Å². The molecule has 0 aliphatic heterocycles. The summed E-state index contributed by atoms with van der Waals surface area (Å²) in [4.78, 5) is 22.3. The van der Waals surface area contributed by atoms with E-state index in [1.54, 1.807) is 0 Å². The number of carbonyl (C=O) groups excluding carboxylic acids is 1. The van der Waals surface area contributed by atoms with Crippen molar-refractivity contribution in [1.29, 1.82) is 0 Å². The van der Waals surface area contributed by atoms with E-state index in [-0.39, 0.29) is 19.1 Å². The van der Waals surface area contributed by atoms with Crippen LogP contribution in [-0.4, -0.2) is 29.9 Å². The van der Waals surface area contributed by atoms with E-state index in [1.807, 2.05) is 19.1 Å². The first-order chi connectivity index (χ1) is 11.1. The van der Waals surface area contributed by atoms with Crippen molar-refractivity contribution < 1.29 is 24.2 Å². The molecule has 0 aliphatic rings. The number of carboxylic acid groups (broad SMARTS) is 1. The largest absolute Gasteiger partial charge is 0.508 e. The lowest BCUT2D eigenvalue weighted by Gasteiger charge is -2.16. The molecule has 0 rings (SSSR count). The molecule has 23 heavy (non-hydrogen) atoms. The molecule has 0 aromatic carbocycles. The van der Waals surface area contributed by atoms with Gasteiger partial charge in [0, 0.05) is 6.42 Å². The average Bonchev–Trinajstić information content (AvgIpc) is 2.51. The smallest absolute Gasteiger partial charge is 0.481 e. The summed E-state index contributed by atoms with van der Waals surface area (Å²) >= 11 is 0. The van der Waals surface area contributed by atoms with Crippen LogP contribution in [0.4, 0.5) is 4.79 Å². The van der Waals surface area contributed by atoms with Gasteiger partial charge in [-0.2, -0.15) is 0 Å². The van der Waals surface area contributed by atoms with Crippen LogP contribution in [0, 0.1) is 0 Å². The Morgan fingerprint density at radius 3 is 2.43 bits per heavy atom. The Kier molecular flexibility index (Phi) is 14.4. The van der Waals surface area contributed by atoms with Crippen molar-refractivity contribution in [2.45, 2.75) is 84.2 Å². The molecule has 1 N–H and O–H groups in total. The number of ether oxygens (including phenoxy) is 2. The zero-order chi connectivity index (χ0) is 17.3. The summed E-state index contributed by atoms with van der Waals surface area (Å²) < 4.78 is 10.3. The van der Waals surface area contributed by atoms with Gasteiger partial charge < -0.3 is 14.6 Å². The maximum atomic E-state index is 11.7. The summed E-state index contributed by atoms with van der Waals surface area (Å²) in [7, 11) is 0. The number of hydrogen-bond donors (Lipinski definition) is 1. The number of carboxylic acids is 1. The molecule has 1 unspecified atom stereocenters. The Morgan fingerprint density at radius 2 is 1.78 bits per heavy atom. The van der Waals surface area contributed by atoms with Gasteiger partial charge in [0.2, 0.25) is 0 Å². The maximum Gasteiger partial charge on any atom is 0.508 e. The monoisotopic (exact) mass is 328 g/mol. The second-order valence-corrected chi connectivity index (χ2v) is 5.64. The summed E-state index contributed by atoms with van der Waals surface area (Å²) in [6, 6.07) is 0. The zero-order valence-corrected chi connectivity index (χ0v) is 14.6. The molecule has 0 aromatic heterocycles. The van der Waals surface area contributed by atoms with Crippen molar-refractivity contribution in [2.75, 3.05) is 6.61 Å². The van der Waals surface area contributed by atoms with Gasteiger partial charge in [0.05, 0.1) is 6.61 Å². The third-order valence-electron chi connectivity index (χ3n) is 3.48. The van der Waals surface area contributed by atoms with Gasteiger partial charge in [0.15, 0.2) is 0 Å². The fraction of sp³-hybridized carbons (Fsp3) is 0.778. The minimum absolute atomic E-state index is 0.00610. The van der Waals surface area contributed by atoms with Crippen LogP contribution in [0.15, 0.2) is 12.2 Å². The van der Waals surface area contributed by atoms with Crippen molar-refractivity contribution in [3.8, 4) is 0 Å². The third kappa shape index (κ3) is 15.2. The molecule has 5 heteroatoms. The molecule has 0 radical (unpaired) electrons. The molecule has 0 bridgehead atoms. The second kappa shape index (κ2) is 15.4. The van der Waals surface area contributed by atoms with Crippen LogP contribution >= 0.6 is 0 Å². The highest BCUT2D eigenvalue weighted by Crippen LogP contribution is 2.14. The molecule has 0 saturated carbocycles. The second-order valence-electron chi connectivity index (χ2n) is 5.64. The van der Waals surface area contributed by atoms with E-state index in [0.717, 1.165) is 25.7 Å². The molecular formula is C18H32O5. The summed E-state index contributed by atoms with van der Waals surface area (Å²) in [5.41, 5.74) is 0. The predicted molar refractivity (Wildman–Crippen MR) is 90.5 cm³/mol. The quantitative estimate of drug-likeness (QED) is 0.273. The molecule has 0 aliphatic carbocycles. The minimum atomic E-state index is -0.873. The highest BCUT2D eigenvalue weighted by atomic mass is 16.7. The highest BCUT2D eigenvalue weighted by Gasteiger charge is 2.16. The van der Waals surface area contributed by atoms with Gasteiger partial charge in [-0.3, -0.25) is 4.79 Å². The van der Waals surface area contributed by atoms with Crippen molar-refractivity contribution in [1.82, 2.24) is 0 Å². The van der Waals surface area contributed by atoms with E-state index in [4.69, 9.17) is 14.6 Å². The molecule has 1 atom stereocenters. The first-order valence-corrected chi connectivity index (χ1v) is 8.80. The molecular weight excluding hydrogens is 296 g/mol. The van der Waals surface area contributed by atoms with E-state index in [2.05, 4.69) is 6.92 Å². The van der Waals surface area contributed by atoms with Gasteiger partial charge in [-0.25, -0.2) is 4.79 Å². The summed E-state index contributed by atoms with van der Waals surface area (Å²) in [5.74, 6) is -0.873. The van der Waals surface area contributed by atoms with Crippen LogP contribution in [0.5, 0.6) is 0 Å². The lowest BCUT2D eigenvalue weighted by atomic mass is 10.0. The SMILES string of the molecule is CCC=CCCOC(=O)OC(CCCCCCC)CCC(=O)O. The van der Waals surface area contributed by atoms with Crippen LogP contribution in [0.3, 0.4) is 0 Å². The summed E-state index contributed by atoms with van der Waals surface area (Å²) in [6.07, 6.45) is 11.1. The van der Waals surface area contributed by atoms with Gasteiger partial charge >= 0.3 is 12.1 Å². The topological polar surface area (TPSA) is 72.8 Å². The van der Waals surface area contributed by atoms with Crippen LogP contribution in [-0.2, 0) is 14.3 Å². The molecule has 5 nitrogen and oxygen atoms in total. The number of aliphatic carboxylic acids is 1. The van der Waals surface area contributed by atoms with Crippen molar-refractivity contribution in [2.24, 2.45) is 0 Å². The first-order valence-electron chi connectivity index (χ1n) is 8.80. The highest BCUT2D eigenvalue weighted by molar-refractivity contribution is 5.66. The molecule has 0 saturated heterocycles. The summed E-state index contributed by atoms with van der Waals surface area (Å²) in [6.45, 7) is 4.49. The fourth-order valence-corrected chi connectivity index (χ4v) is 2.19. The molecule has 0 fully saturated rings. The molecule has 0 amide bonds. The van der Waals surface area contributed by atoms with E-state index in [9.17, 15) is 9.59 Å². The standard InChI is InChI=1S/C18H32O5/c1-3-5-7-9-10-12-16(13-14-17(19)20)23-18(21)22-15-11-8-6-4-2/h6,8,16H,3-5,7,9-15H2,1-2H3,(H,19,20).